The molecule has 1 atom stereocenters. The van der Waals surface area contributed by atoms with E-state index in [1.807, 2.05) is 43.3 Å². The fourth-order valence-electron chi connectivity index (χ4n) is 1.46. The Morgan fingerprint density at radius 3 is 2.47 bits per heavy atom. The third-order valence-electron chi connectivity index (χ3n) is 2.61. The van der Waals surface area contributed by atoms with Crippen LogP contribution in [0, 0.1) is 0 Å². The molecule has 1 N–H and O–H groups in total. The molecule has 2 aromatic rings. The summed E-state index contributed by atoms with van der Waals surface area (Å²) in [6, 6.07) is 10.9. The molecule has 1 heterocycles. The van der Waals surface area contributed by atoms with Gasteiger partial charge in [-0.15, -0.1) is 0 Å². The largest absolute Gasteiger partial charge is 0.491 e. The summed E-state index contributed by atoms with van der Waals surface area (Å²) in [5.41, 5.74) is 0. The topological polar surface area (TPSA) is 51.6 Å². The molecule has 19 heavy (non-hydrogen) atoms. The van der Waals surface area contributed by atoms with Gasteiger partial charge in [-0.3, -0.25) is 4.98 Å². The monoisotopic (exact) mass is 259 g/mol. The van der Waals surface area contributed by atoms with Crippen LogP contribution in [0.3, 0.4) is 0 Å². The first-order valence-corrected chi connectivity index (χ1v) is 6.26. The standard InChI is InChI=1S/C15H17NO3/c1-2-12(17)11-18-13-5-7-14(8-6-13)19-15-4-3-9-16-10-15/h3-10,12,17H,2,11H2,1H3/t12-/m0/s1. The van der Waals surface area contributed by atoms with Crippen LogP contribution in [-0.2, 0) is 0 Å². The fourth-order valence-corrected chi connectivity index (χ4v) is 1.46. The molecule has 2 rings (SSSR count). The molecule has 0 unspecified atom stereocenters. The third-order valence-corrected chi connectivity index (χ3v) is 2.61. The van der Waals surface area contributed by atoms with Crippen molar-refractivity contribution in [3.05, 3.63) is 48.8 Å². The number of hydrogen-bond donors (Lipinski definition) is 1. The van der Waals surface area contributed by atoms with Crippen molar-refractivity contribution in [1.29, 1.82) is 0 Å². The minimum absolute atomic E-state index is 0.305. The zero-order valence-corrected chi connectivity index (χ0v) is 10.8. The first-order chi connectivity index (χ1) is 9.28. The van der Waals surface area contributed by atoms with Gasteiger partial charge >= 0.3 is 0 Å². The number of pyridine rings is 1. The zero-order chi connectivity index (χ0) is 13.5. The van der Waals surface area contributed by atoms with E-state index >= 15 is 0 Å². The Kier molecular flexibility index (Phi) is 4.75. The summed E-state index contributed by atoms with van der Waals surface area (Å²) >= 11 is 0. The summed E-state index contributed by atoms with van der Waals surface area (Å²) < 4.78 is 11.1. The van der Waals surface area contributed by atoms with Gasteiger partial charge in [-0.05, 0) is 42.8 Å². The molecule has 100 valence electrons. The Hall–Kier alpha value is -2.07. The van der Waals surface area contributed by atoms with Crippen LogP contribution in [0.2, 0.25) is 0 Å². The van der Waals surface area contributed by atoms with E-state index in [0.717, 1.165) is 5.75 Å². The van der Waals surface area contributed by atoms with Gasteiger partial charge in [0.1, 0.15) is 23.9 Å². The molecule has 4 nitrogen and oxygen atoms in total. The number of hydrogen-bond acceptors (Lipinski definition) is 4. The summed E-state index contributed by atoms with van der Waals surface area (Å²) in [7, 11) is 0. The van der Waals surface area contributed by atoms with E-state index in [-0.39, 0.29) is 0 Å². The van der Waals surface area contributed by atoms with E-state index in [1.165, 1.54) is 0 Å². The highest BCUT2D eigenvalue weighted by molar-refractivity contribution is 5.34. The van der Waals surface area contributed by atoms with Gasteiger partial charge in [-0.1, -0.05) is 6.92 Å². The minimum Gasteiger partial charge on any atom is -0.491 e. The molecule has 0 aliphatic carbocycles. The number of benzene rings is 1. The molecule has 4 heteroatoms. The Bertz CT molecular complexity index is 485. The number of aliphatic hydroxyl groups excluding tert-OH is 1. The number of rotatable bonds is 6. The summed E-state index contributed by atoms with van der Waals surface area (Å²) in [4.78, 5) is 3.98. The van der Waals surface area contributed by atoms with Crippen LogP contribution in [-0.4, -0.2) is 22.8 Å². The van der Waals surface area contributed by atoms with E-state index in [4.69, 9.17) is 9.47 Å². The lowest BCUT2D eigenvalue weighted by molar-refractivity contribution is 0.104. The molecule has 0 radical (unpaired) electrons. The number of ether oxygens (including phenoxy) is 2. The van der Waals surface area contributed by atoms with Crippen LogP contribution >= 0.6 is 0 Å². The lowest BCUT2D eigenvalue weighted by atomic mass is 10.3. The first kappa shape index (κ1) is 13.4. The van der Waals surface area contributed by atoms with Gasteiger partial charge in [0.15, 0.2) is 0 Å². The van der Waals surface area contributed by atoms with E-state index in [1.54, 1.807) is 12.4 Å². The molecule has 0 aliphatic rings. The van der Waals surface area contributed by atoms with E-state index in [0.29, 0.717) is 24.5 Å². The normalized spacial score (nSPS) is 11.9. The summed E-state index contributed by atoms with van der Waals surface area (Å²) in [5.74, 6) is 2.13. The second-order valence-electron chi connectivity index (χ2n) is 4.14. The average Bonchev–Trinajstić information content (AvgIpc) is 2.47. The first-order valence-electron chi connectivity index (χ1n) is 6.26. The van der Waals surface area contributed by atoms with E-state index in [2.05, 4.69) is 4.98 Å². The quantitative estimate of drug-likeness (QED) is 0.866. The van der Waals surface area contributed by atoms with Crippen LogP contribution in [0.5, 0.6) is 17.2 Å². The van der Waals surface area contributed by atoms with Gasteiger partial charge in [0, 0.05) is 6.20 Å². The SMILES string of the molecule is CC[C@H](O)COc1ccc(Oc2cccnc2)cc1. The van der Waals surface area contributed by atoms with Crippen molar-refractivity contribution in [3.8, 4) is 17.2 Å². The smallest absolute Gasteiger partial charge is 0.145 e. The molecule has 0 saturated carbocycles. The molecular formula is C15H17NO3. The Morgan fingerprint density at radius 1 is 1.11 bits per heavy atom. The molecule has 0 saturated heterocycles. The molecule has 0 aliphatic heterocycles. The highest BCUT2D eigenvalue weighted by Gasteiger charge is 2.02. The Morgan fingerprint density at radius 2 is 1.84 bits per heavy atom. The zero-order valence-electron chi connectivity index (χ0n) is 10.8. The summed E-state index contributed by atoms with van der Waals surface area (Å²) in [5, 5.41) is 9.41. The lowest BCUT2D eigenvalue weighted by Crippen LogP contribution is -2.15. The fraction of sp³-hybridized carbons (Fsp3) is 0.267. The van der Waals surface area contributed by atoms with Crippen molar-refractivity contribution >= 4 is 0 Å². The van der Waals surface area contributed by atoms with Gasteiger partial charge < -0.3 is 14.6 Å². The molecule has 0 fully saturated rings. The van der Waals surface area contributed by atoms with Gasteiger partial charge in [-0.25, -0.2) is 0 Å². The van der Waals surface area contributed by atoms with Gasteiger partial charge in [0.2, 0.25) is 0 Å². The van der Waals surface area contributed by atoms with Gasteiger partial charge in [0.25, 0.3) is 0 Å². The van der Waals surface area contributed by atoms with Crippen LogP contribution in [0.1, 0.15) is 13.3 Å². The maximum absolute atomic E-state index is 9.41. The molecular weight excluding hydrogens is 242 g/mol. The van der Waals surface area contributed by atoms with Crippen molar-refractivity contribution in [2.45, 2.75) is 19.4 Å². The van der Waals surface area contributed by atoms with Crippen LogP contribution in [0.15, 0.2) is 48.8 Å². The van der Waals surface area contributed by atoms with E-state index < -0.39 is 6.10 Å². The average molecular weight is 259 g/mol. The second-order valence-corrected chi connectivity index (χ2v) is 4.14. The third kappa shape index (κ3) is 4.26. The number of aromatic nitrogens is 1. The molecule has 1 aromatic heterocycles. The maximum Gasteiger partial charge on any atom is 0.145 e. The van der Waals surface area contributed by atoms with Crippen molar-refractivity contribution in [2.75, 3.05) is 6.61 Å². The summed E-state index contributed by atoms with van der Waals surface area (Å²) in [6.07, 6.45) is 3.61. The number of nitrogens with zero attached hydrogens (tertiary/aromatic N) is 1. The molecule has 1 aromatic carbocycles. The van der Waals surface area contributed by atoms with Crippen LogP contribution < -0.4 is 9.47 Å². The van der Waals surface area contributed by atoms with Gasteiger partial charge in [-0.2, -0.15) is 0 Å². The maximum atomic E-state index is 9.41. The highest BCUT2D eigenvalue weighted by Crippen LogP contribution is 2.23. The van der Waals surface area contributed by atoms with Crippen LogP contribution in [0.4, 0.5) is 0 Å². The molecule has 0 amide bonds. The predicted octanol–water partition coefficient (Wildman–Crippen LogP) is 3.02. The predicted molar refractivity (Wildman–Crippen MR) is 72.5 cm³/mol. The minimum atomic E-state index is -0.425. The molecule has 0 bridgehead atoms. The summed E-state index contributed by atoms with van der Waals surface area (Å²) in [6.45, 7) is 2.22. The second kappa shape index (κ2) is 6.75. The lowest BCUT2D eigenvalue weighted by Gasteiger charge is -2.11. The van der Waals surface area contributed by atoms with E-state index in [9.17, 15) is 5.11 Å². The highest BCUT2D eigenvalue weighted by atomic mass is 16.5. The van der Waals surface area contributed by atoms with Gasteiger partial charge in [0.05, 0.1) is 12.3 Å². The van der Waals surface area contributed by atoms with Crippen molar-refractivity contribution in [3.63, 3.8) is 0 Å². The number of aliphatic hydroxyl groups is 1. The van der Waals surface area contributed by atoms with Crippen LogP contribution in [0.25, 0.3) is 0 Å². The van der Waals surface area contributed by atoms with Crippen molar-refractivity contribution in [1.82, 2.24) is 4.98 Å². The molecule has 0 spiro atoms. The Balaban J connectivity index is 1.91. The van der Waals surface area contributed by atoms with Crippen molar-refractivity contribution in [2.24, 2.45) is 0 Å². The Labute approximate surface area is 112 Å². The van der Waals surface area contributed by atoms with Crippen molar-refractivity contribution < 1.29 is 14.6 Å².